The summed E-state index contributed by atoms with van der Waals surface area (Å²) in [5.74, 6) is -1.21. The maximum Gasteiger partial charge on any atom is 0.307 e. The lowest BCUT2D eigenvalue weighted by molar-refractivity contribution is -0.152. The lowest BCUT2D eigenvalue weighted by atomic mass is 9.73. The molecule has 2 rings (SSSR count). The van der Waals surface area contributed by atoms with E-state index in [-0.39, 0.29) is 11.8 Å². The van der Waals surface area contributed by atoms with E-state index in [1.54, 1.807) is 0 Å². The van der Waals surface area contributed by atoms with Crippen molar-refractivity contribution < 1.29 is 19.4 Å². The summed E-state index contributed by atoms with van der Waals surface area (Å²) in [5.41, 5.74) is 1.16. The van der Waals surface area contributed by atoms with E-state index in [4.69, 9.17) is 9.84 Å². The first kappa shape index (κ1) is 14.4. The van der Waals surface area contributed by atoms with Crippen LogP contribution >= 0.6 is 0 Å². The summed E-state index contributed by atoms with van der Waals surface area (Å²) >= 11 is 0. The van der Waals surface area contributed by atoms with Gasteiger partial charge in [-0.05, 0) is 31.9 Å². The van der Waals surface area contributed by atoms with Crippen LogP contribution in [0.2, 0.25) is 0 Å². The number of ether oxygens (including phenoxy) is 1. The van der Waals surface area contributed by atoms with Crippen LogP contribution in [0.4, 0.5) is 0 Å². The highest BCUT2D eigenvalue weighted by molar-refractivity contribution is 5.86. The SMILES string of the molecule is Cc1ccc(OCCNC(=O)C2CCC2C(=O)O)cc1. The van der Waals surface area contributed by atoms with Crippen molar-refractivity contribution in [1.82, 2.24) is 5.32 Å². The van der Waals surface area contributed by atoms with Crippen LogP contribution in [-0.4, -0.2) is 30.1 Å². The topological polar surface area (TPSA) is 75.6 Å². The van der Waals surface area contributed by atoms with Gasteiger partial charge < -0.3 is 15.2 Å². The number of benzene rings is 1. The zero-order chi connectivity index (χ0) is 14.5. The first-order valence-corrected chi connectivity index (χ1v) is 6.78. The molecule has 108 valence electrons. The van der Waals surface area contributed by atoms with E-state index in [1.165, 1.54) is 0 Å². The molecule has 0 heterocycles. The maximum atomic E-state index is 11.8. The molecule has 2 N–H and O–H groups in total. The zero-order valence-electron chi connectivity index (χ0n) is 11.5. The van der Waals surface area contributed by atoms with Gasteiger partial charge in [0.2, 0.25) is 5.91 Å². The second-order valence-corrected chi connectivity index (χ2v) is 5.08. The fraction of sp³-hybridized carbons (Fsp3) is 0.467. The van der Waals surface area contributed by atoms with E-state index < -0.39 is 11.9 Å². The highest BCUT2D eigenvalue weighted by Crippen LogP contribution is 2.34. The third-order valence-electron chi connectivity index (χ3n) is 3.62. The van der Waals surface area contributed by atoms with E-state index in [2.05, 4.69) is 5.32 Å². The minimum atomic E-state index is -0.882. The number of carbonyl (C=O) groups excluding carboxylic acids is 1. The van der Waals surface area contributed by atoms with Crippen LogP contribution in [0.3, 0.4) is 0 Å². The molecule has 1 aromatic rings. The number of carboxylic acids is 1. The summed E-state index contributed by atoms with van der Waals surface area (Å²) in [6.07, 6.45) is 1.24. The lowest BCUT2D eigenvalue weighted by Gasteiger charge is -2.31. The normalized spacial score (nSPS) is 20.9. The standard InChI is InChI=1S/C15H19NO4/c1-10-2-4-11(5-3-10)20-9-8-16-14(17)12-6-7-13(12)15(18)19/h2-5,12-13H,6-9H2,1H3,(H,16,17)(H,18,19). The molecule has 0 aliphatic heterocycles. The number of amides is 1. The van der Waals surface area contributed by atoms with E-state index >= 15 is 0 Å². The molecule has 5 nitrogen and oxygen atoms in total. The van der Waals surface area contributed by atoms with Gasteiger partial charge in [-0.2, -0.15) is 0 Å². The second-order valence-electron chi connectivity index (χ2n) is 5.08. The fourth-order valence-electron chi connectivity index (χ4n) is 2.22. The van der Waals surface area contributed by atoms with Crippen molar-refractivity contribution in [2.45, 2.75) is 19.8 Å². The summed E-state index contributed by atoms with van der Waals surface area (Å²) in [4.78, 5) is 22.6. The van der Waals surface area contributed by atoms with E-state index in [1.807, 2.05) is 31.2 Å². The van der Waals surface area contributed by atoms with E-state index in [0.717, 1.165) is 11.3 Å². The van der Waals surface area contributed by atoms with Crippen LogP contribution in [0.15, 0.2) is 24.3 Å². The summed E-state index contributed by atoms with van der Waals surface area (Å²) in [7, 11) is 0. The van der Waals surface area contributed by atoms with Gasteiger partial charge in [0.15, 0.2) is 0 Å². The van der Waals surface area contributed by atoms with Crippen molar-refractivity contribution in [3.63, 3.8) is 0 Å². The average molecular weight is 277 g/mol. The predicted octanol–water partition coefficient (Wildman–Crippen LogP) is 1.60. The van der Waals surface area contributed by atoms with Gasteiger partial charge in [0, 0.05) is 0 Å². The van der Waals surface area contributed by atoms with Gasteiger partial charge in [-0.15, -0.1) is 0 Å². The van der Waals surface area contributed by atoms with Gasteiger partial charge in [0.1, 0.15) is 12.4 Å². The molecule has 1 aliphatic rings. The van der Waals surface area contributed by atoms with Gasteiger partial charge in [0.25, 0.3) is 0 Å². The highest BCUT2D eigenvalue weighted by atomic mass is 16.5. The van der Waals surface area contributed by atoms with Gasteiger partial charge >= 0.3 is 5.97 Å². The number of rotatable bonds is 6. The minimum Gasteiger partial charge on any atom is -0.492 e. The number of hydrogen-bond acceptors (Lipinski definition) is 3. The van der Waals surface area contributed by atoms with E-state index in [9.17, 15) is 9.59 Å². The van der Waals surface area contributed by atoms with Crippen LogP contribution in [0.5, 0.6) is 5.75 Å². The van der Waals surface area contributed by atoms with Crippen LogP contribution in [-0.2, 0) is 9.59 Å². The van der Waals surface area contributed by atoms with Crippen molar-refractivity contribution in [3.8, 4) is 5.75 Å². The number of hydrogen-bond donors (Lipinski definition) is 2. The van der Waals surface area contributed by atoms with Crippen LogP contribution in [0, 0.1) is 18.8 Å². The molecule has 0 spiro atoms. The fourth-order valence-corrected chi connectivity index (χ4v) is 2.22. The third-order valence-corrected chi connectivity index (χ3v) is 3.62. The zero-order valence-corrected chi connectivity index (χ0v) is 11.5. The van der Waals surface area contributed by atoms with Crippen molar-refractivity contribution in [2.24, 2.45) is 11.8 Å². The second kappa shape index (κ2) is 6.41. The summed E-state index contributed by atoms with van der Waals surface area (Å²) in [6.45, 7) is 2.76. The molecular formula is C15H19NO4. The number of carbonyl (C=O) groups is 2. The predicted molar refractivity (Wildman–Crippen MR) is 73.5 cm³/mol. The first-order valence-electron chi connectivity index (χ1n) is 6.78. The Morgan fingerprint density at radius 1 is 1.25 bits per heavy atom. The van der Waals surface area contributed by atoms with Crippen molar-refractivity contribution in [2.75, 3.05) is 13.2 Å². The molecule has 0 saturated heterocycles. The van der Waals surface area contributed by atoms with Crippen molar-refractivity contribution in [3.05, 3.63) is 29.8 Å². The summed E-state index contributed by atoms with van der Waals surface area (Å²) < 4.78 is 5.49. The Hall–Kier alpha value is -2.04. The van der Waals surface area contributed by atoms with Gasteiger partial charge in [-0.3, -0.25) is 9.59 Å². The Morgan fingerprint density at radius 2 is 1.90 bits per heavy atom. The molecule has 2 atom stereocenters. The molecule has 0 radical (unpaired) electrons. The monoisotopic (exact) mass is 277 g/mol. The van der Waals surface area contributed by atoms with Crippen LogP contribution in [0.1, 0.15) is 18.4 Å². The molecule has 2 unspecified atom stereocenters. The highest BCUT2D eigenvalue weighted by Gasteiger charge is 2.41. The van der Waals surface area contributed by atoms with E-state index in [0.29, 0.717) is 26.0 Å². The van der Waals surface area contributed by atoms with Crippen molar-refractivity contribution >= 4 is 11.9 Å². The molecule has 0 bridgehead atoms. The Bertz CT molecular complexity index is 483. The third kappa shape index (κ3) is 3.50. The number of carboxylic acid groups (broad SMARTS) is 1. The van der Waals surface area contributed by atoms with Crippen LogP contribution in [0.25, 0.3) is 0 Å². The molecule has 1 aliphatic carbocycles. The molecule has 1 fully saturated rings. The Balaban J connectivity index is 1.67. The number of aliphatic carboxylic acids is 1. The number of aryl methyl sites for hydroxylation is 1. The Kier molecular flexibility index (Phi) is 4.61. The first-order chi connectivity index (χ1) is 9.58. The molecular weight excluding hydrogens is 258 g/mol. The average Bonchev–Trinajstić information content (AvgIpc) is 2.34. The smallest absolute Gasteiger partial charge is 0.307 e. The van der Waals surface area contributed by atoms with Gasteiger partial charge in [0.05, 0.1) is 18.4 Å². The maximum absolute atomic E-state index is 11.8. The molecule has 1 aromatic carbocycles. The van der Waals surface area contributed by atoms with Crippen LogP contribution < -0.4 is 10.1 Å². The largest absolute Gasteiger partial charge is 0.492 e. The molecule has 5 heteroatoms. The van der Waals surface area contributed by atoms with Crippen molar-refractivity contribution in [1.29, 1.82) is 0 Å². The van der Waals surface area contributed by atoms with Gasteiger partial charge in [-0.25, -0.2) is 0 Å². The molecule has 1 saturated carbocycles. The Morgan fingerprint density at radius 3 is 2.45 bits per heavy atom. The number of nitrogens with one attached hydrogen (secondary N) is 1. The molecule has 0 aromatic heterocycles. The lowest BCUT2D eigenvalue weighted by Crippen LogP contribution is -2.44. The van der Waals surface area contributed by atoms with Gasteiger partial charge in [-0.1, -0.05) is 17.7 Å². The quantitative estimate of drug-likeness (QED) is 0.774. The summed E-state index contributed by atoms with van der Waals surface area (Å²) in [6, 6.07) is 7.67. The summed E-state index contributed by atoms with van der Waals surface area (Å²) in [5, 5.41) is 11.6. The molecule has 1 amide bonds. The Labute approximate surface area is 117 Å². The molecule has 20 heavy (non-hydrogen) atoms. The minimum absolute atomic E-state index is 0.184.